The summed E-state index contributed by atoms with van der Waals surface area (Å²) in [7, 11) is 0. The van der Waals surface area contributed by atoms with Gasteiger partial charge in [-0.15, -0.1) is 0 Å². The predicted molar refractivity (Wildman–Crippen MR) is 76.9 cm³/mol. The van der Waals surface area contributed by atoms with Gasteiger partial charge in [0.15, 0.2) is 0 Å². The second-order valence-electron chi connectivity index (χ2n) is 5.30. The zero-order valence-corrected chi connectivity index (χ0v) is 11.8. The summed E-state index contributed by atoms with van der Waals surface area (Å²) < 4.78 is 0. The highest BCUT2D eigenvalue weighted by Crippen LogP contribution is 2.29. The van der Waals surface area contributed by atoms with Gasteiger partial charge in [0.25, 0.3) is 0 Å². The number of aliphatic carboxylic acids is 1. The lowest BCUT2D eigenvalue weighted by molar-refractivity contribution is -0.139. The van der Waals surface area contributed by atoms with E-state index < -0.39 is 12.0 Å². The van der Waals surface area contributed by atoms with Crippen LogP contribution in [-0.2, 0) is 11.2 Å². The molecular formula is C15H20N2O3. The highest BCUT2D eigenvalue weighted by Gasteiger charge is 2.28. The lowest BCUT2D eigenvalue weighted by Crippen LogP contribution is -2.50. The fourth-order valence-corrected chi connectivity index (χ4v) is 2.55. The zero-order valence-electron chi connectivity index (χ0n) is 11.8. The minimum absolute atomic E-state index is 0.335. The molecule has 0 saturated heterocycles. The van der Waals surface area contributed by atoms with Crippen LogP contribution in [0.2, 0.25) is 0 Å². The number of amides is 2. The Balaban J connectivity index is 2.20. The number of para-hydroxylation sites is 1. The van der Waals surface area contributed by atoms with Crippen LogP contribution >= 0.6 is 0 Å². The van der Waals surface area contributed by atoms with Gasteiger partial charge >= 0.3 is 12.0 Å². The fraction of sp³-hybridized carbons (Fsp3) is 0.467. The number of carbonyl (C=O) groups is 2. The van der Waals surface area contributed by atoms with Gasteiger partial charge in [0, 0.05) is 12.2 Å². The highest BCUT2D eigenvalue weighted by atomic mass is 16.4. The van der Waals surface area contributed by atoms with Crippen LogP contribution < -0.4 is 10.2 Å². The number of carboxylic acids is 1. The molecule has 0 saturated carbocycles. The van der Waals surface area contributed by atoms with Crippen LogP contribution in [-0.4, -0.2) is 29.7 Å². The largest absolute Gasteiger partial charge is 0.480 e. The number of benzene rings is 1. The van der Waals surface area contributed by atoms with E-state index >= 15 is 0 Å². The molecule has 0 spiro atoms. The summed E-state index contributed by atoms with van der Waals surface area (Å²) in [5, 5.41) is 11.6. The molecule has 0 fully saturated rings. The number of carboxylic acid groups (broad SMARTS) is 1. The van der Waals surface area contributed by atoms with Crippen molar-refractivity contribution < 1.29 is 14.7 Å². The number of nitrogens with zero attached hydrogens (tertiary/aromatic N) is 1. The van der Waals surface area contributed by atoms with Crippen LogP contribution in [0.3, 0.4) is 0 Å². The van der Waals surface area contributed by atoms with Crippen molar-refractivity contribution in [3.8, 4) is 0 Å². The first-order valence-electron chi connectivity index (χ1n) is 6.91. The van der Waals surface area contributed by atoms with Crippen molar-refractivity contribution in [1.29, 1.82) is 0 Å². The maximum atomic E-state index is 12.3. The smallest absolute Gasteiger partial charge is 0.326 e. The second-order valence-corrected chi connectivity index (χ2v) is 5.30. The Morgan fingerprint density at radius 3 is 2.80 bits per heavy atom. The monoisotopic (exact) mass is 276 g/mol. The topological polar surface area (TPSA) is 69.6 Å². The van der Waals surface area contributed by atoms with Crippen molar-refractivity contribution >= 4 is 17.7 Å². The Labute approximate surface area is 118 Å². The van der Waals surface area contributed by atoms with Gasteiger partial charge in [-0.05, 0) is 30.4 Å². The van der Waals surface area contributed by atoms with Crippen molar-refractivity contribution in [2.45, 2.75) is 32.7 Å². The first kappa shape index (κ1) is 14.4. The quantitative estimate of drug-likeness (QED) is 0.889. The van der Waals surface area contributed by atoms with Crippen molar-refractivity contribution in [3.05, 3.63) is 29.8 Å². The number of carbonyl (C=O) groups excluding carboxylic acids is 1. The third kappa shape index (κ3) is 2.92. The molecule has 2 N–H and O–H groups in total. The Morgan fingerprint density at radius 2 is 2.15 bits per heavy atom. The summed E-state index contributed by atoms with van der Waals surface area (Å²) in [6, 6.07) is 6.59. The van der Waals surface area contributed by atoms with Gasteiger partial charge < -0.3 is 10.4 Å². The summed E-state index contributed by atoms with van der Waals surface area (Å²) in [5.74, 6) is -0.639. The summed E-state index contributed by atoms with van der Waals surface area (Å²) >= 11 is 0. The molecule has 5 heteroatoms. The first-order chi connectivity index (χ1) is 9.52. The van der Waals surface area contributed by atoms with Crippen molar-refractivity contribution in [2.24, 2.45) is 5.92 Å². The van der Waals surface area contributed by atoms with Crippen LogP contribution in [0.15, 0.2) is 24.3 Å². The van der Waals surface area contributed by atoms with Gasteiger partial charge in [-0.2, -0.15) is 0 Å². The van der Waals surface area contributed by atoms with Gasteiger partial charge in [-0.25, -0.2) is 9.59 Å². The van der Waals surface area contributed by atoms with Crippen LogP contribution in [0.25, 0.3) is 0 Å². The molecular weight excluding hydrogens is 256 g/mol. The predicted octanol–water partition coefficient (Wildman–Crippen LogP) is 2.26. The molecule has 2 amide bonds. The number of hydrogen-bond donors (Lipinski definition) is 2. The maximum absolute atomic E-state index is 12.3. The van der Waals surface area contributed by atoms with Crippen molar-refractivity contribution in [2.75, 3.05) is 11.4 Å². The molecule has 20 heavy (non-hydrogen) atoms. The molecule has 5 nitrogen and oxygen atoms in total. The molecule has 2 unspecified atom stereocenters. The molecule has 0 aromatic heterocycles. The standard InChI is InChI=1S/C15H20N2O3/c1-3-12(14(18)19)16-15(20)17-9-10(2)8-11-6-4-5-7-13(11)17/h4-7,10,12H,3,8-9H2,1-2H3,(H,16,20)(H,18,19). The maximum Gasteiger partial charge on any atom is 0.326 e. The van der Waals surface area contributed by atoms with Crippen LogP contribution in [0, 0.1) is 5.92 Å². The Morgan fingerprint density at radius 1 is 1.45 bits per heavy atom. The number of hydrogen-bond acceptors (Lipinski definition) is 2. The molecule has 108 valence electrons. The highest BCUT2D eigenvalue weighted by molar-refractivity contribution is 5.95. The second kappa shape index (κ2) is 5.94. The Kier molecular flexibility index (Phi) is 4.27. The molecule has 0 aliphatic carbocycles. The van der Waals surface area contributed by atoms with Gasteiger partial charge in [0.05, 0.1) is 0 Å². The minimum atomic E-state index is -1.00. The average molecular weight is 276 g/mol. The lowest BCUT2D eigenvalue weighted by Gasteiger charge is -2.33. The van der Waals surface area contributed by atoms with Crippen LogP contribution in [0.5, 0.6) is 0 Å². The van der Waals surface area contributed by atoms with Gasteiger partial charge in [0.1, 0.15) is 6.04 Å². The third-order valence-corrected chi connectivity index (χ3v) is 3.59. The Bertz CT molecular complexity index is 516. The first-order valence-corrected chi connectivity index (χ1v) is 6.91. The van der Waals surface area contributed by atoms with E-state index in [9.17, 15) is 9.59 Å². The van der Waals surface area contributed by atoms with E-state index in [1.54, 1.807) is 11.8 Å². The molecule has 1 aliphatic heterocycles. The fourth-order valence-electron chi connectivity index (χ4n) is 2.55. The summed E-state index contributed by atoms with van der Waals surface area (Å²) in [4.78, 5) is 25.0. The molecule has 2 atom stereocenters. The van der Waals surface area contributed by atoms with Gasteiger partial charge in [0.2, 0.25) is 0 Å². The number of nitrogens with one attached hydrogen (secondary N) is 1. The van der Waals surface area contributed by atoms with E-state index in [4.69, 9.17) is 5.11 Å². The molecule has 1 heterocycles. The summed E-state index contributed by atoms with van der Waals surface area (Å²) in [6.45, 7) is 4.44. The van der Waals surface area contributed by atoms with Gasteiger partial charge in [-0.3, -0.25) is 4.90 Å². The molecule has 2 rings (SSSR count). The van der Waals surface area contributed by atoms with Crippen molar-refractivity contribution in [1.82, 2.24) is 5.32 Å². The van der Waals surface area contributed by atoms with E-state index in [1.807, 2.05) is 24.3 Å². The summed E-state index contributed by atoms with van der Waals surface area (Å²) in [6.07, 6.45) is 1.31. The lowest BCUT2D eigenvalue weighted by atomic mass is 9.94. The van der Waals surface area contributed by atoms with E-state index in [0.29, 0.717) is 18.9 Å². The molecule has 0 radical (unpaired) electrons. The van der Waals surface area contributed by atoms with Crippen molar-refractivity contribution in [3.63, 3.8) is 0 Å². The molecule has 1 aromatic carbocycles. The van der Waals surface area contributed by atoms with Gasteiger partial charge in [-0.1, -0.05) is 32.0 Å². The number of urea groups is 1. The molecule has 1 aliphatic rings. The van der Waals surface area contributed by atoms with E-state index in [1.165, 1.54) is 0 Å². The SMILES string of the molecule is CCC(NC(=O)N1CC(C)Cc2ccccc21)C(=O)O. The average Bonchev–Trinajstić information content (AvgIpc) is 2.43. The molecule has 1 aromatic rings. The van der Waals surface area contributed by atoms with Crippen LogP contribution in [0.4, 0.5) is 10.5 Å². The summed E-state index contributed by atoms with van der Waals surface area (Å²) in [5.41, 5.74) is 2.01. The number of anilines is 1. The number of rotatable bonds is 3. The van der Waals surface area contributed by atoms with Crippen LogP contribution in [0.1, 0.15) is 25.8 Å². The van der Waals surface area contributed by atoms with E-state index in [-0.39, 0.29) is 6.03 Å². The normalized spacial score (nSPS) is 19.1. The van der Waals surface area contributed by atoms with E-state index in [0.717, 1.165) is 17.7 Å². The Hall–Kier alpha value is -2.04. The minimum Gasteiger partial charge on any atom is -0.480 e. The third-order valence-electron chi connectivity index (χ3n) is 3.59. The van der Waals surface area contributed by atoms with E-state index in [2.05, 4.69) is 12.2 Å². The number of fused-ring (bicyclic) bond motifs is 1. The molecule has 0 bridgehead atoms. The zero-order chi connectivity index (χ0) is 14.7.